The molecule has 0 fully saturated rings. The molecule has 0 aromatic carbocycles. The molecule has 17 heavy (non-hydrogen) atoms. The van der Waals surface area contributed by atoms with E-state index in [1.807, 2.05) is 0 Å². The Hall–Kier alpha value is -1.93. The fraction of sp³-hybridized carbons (Fsp3) is 0.444. The lowest BCUT2D eigenvalue weighted by molar-refractivity contribution is -0.192. The number of aliphatic hydroxyl groups is 1. The summed E-state index contributed by atoms with van der Waals surface area (Å²) in [5.74, 6) is -5.43. The molecule has 8 heteroatoms. The summed E-state index contributed by atoms with van der Waals surface area (Å²) in [4.78, 5) is 32.0. The Labute approximate surface area is 95.7 Å². The van der Waals surface area contributed by atoms with Crippen LogP contribution >= 0.6 is 0 Å². The van der Waals surface area contributed by atoms with Gasteiger partial charge in [-0.25, -0.2) is 9.59 Å². The molecule has 0 saturated carbocycles. The molecule has 0 radical (unpaired) electrons. The highest BCUT2D eigenvalue weighted by Gasteiger charge is 2.51. The molecule has 0 aromatic heterocycles. The van der Waals surface area contributed by atoms with Gasteiger partial charge >= 0.3 is 17.9 Å². The van der Waals surface area contributed by atoms with Crippen LogP contribution in [0.5, 0.6) is 0 Å². The normalized spacial score (nSPS) is 15.6. The second kappa shape index (κ2) is 5.97. The van der Waals surface area contributed by atoms with Crippen molar-refractivity contribution >= 4 is 17.9 Å². The molecule has 0 bridgehead atoms. The number of hydrogen-bond donors (Lipinski definition) is 4. The van der Waals surface area contributed by atoms with E-state index in [1.54, 1.807) is 0 Å². The Kier molecular flexibility index (Phi) is 5.29. The van der Waals surface area contributed by atoms with Gasteiger partial charge in [0.25, 0.3) is 0 Å². The zero-order valence-corrected chi connectivity index (χ0v) is 8.70. The SMILES string of the molecule is C=CCOC(C(=O)O)C(O)(CC(=O)O)C(=O)O. The summed E-state index contributed by atoms with van der Waals surface area (Å²) in [6.45, 7) is 2.88. The van der Waals surface area contributed by atoms with Crippen molar-refractivity contribution in [3.63, 3.8) is 0 Å². The van der Waals surface area contributed by atoms with Crippen LogP contribution in [-0.2, 0) is 19.1 Å². The van der Waals surface area contributed by atoms with Gasteiger partial charge in [-0.2, -0.15) is 0 Å². The standard InChI is InChI=1S/C9H12O8/c1-2-3-17-6(7(12)13)9(16,8(14)15)4-5(10)11/h2,6,16H,1,3-4H2,(H,10,11)(H,12,13)(H,14,15). The highest BCUT2D eigenvalue weighted by molar-refractivity contribution is 5.91. The Balaban J connectivity index is 5.20. The fourth-order valence-corrected chi connectivity index (χ4v) is 1.09. The number of ether oxygens (including phenoxy) is 1. The summed E-state index contributed by atoms with van der Waals surface area (Å²) in [5, 5.41) is 35.5. The molecule has 2 atom stereocenters. The van der Waals surface area contributed by atoms with Gasteiger partial charge in [-0.1, -0.05) is 6.08 Å². The molecular formula is C9H12O8. The van der Waals surface area contributed by atoms with E-state index in [0.717, 1.165) is 6.08 Å². The van der Waals surface area contributed by atoms with E-state index in [4.69, 9.17) is 15.3 Å². The van der Waals surface area contributed by atoms with Crippen LogP contribution in [0, 0.1) is 0 Å². The van der Waals surface area contributed by atoms with Crippen molar-refractivity contribution < 1.29 is 39.5 Å². The van der Waals surface area contributed by atoms with E-state index in [9.17, 15) is 19.5 Å². The van der Waals surface area contributed by atoms with E-state index < -0.39 is 36.0 Å². The van der Waals surface area contributed by atoms with Crippen LogP contribution in [0.3, 0.4) is 0 Å². The Morgan fingerprint density at radius 2 is 1.82 bits per heavy atom. The summed E-state index contributed by atoms with van der Waals surface area (Å²) in [6, 6.07) is 0. The van der Waals surface area contributed by atoms with Crippen LogP contribution in [-0.4, -0.2) is 56.6 Å². The fourth-order valence-electron chi connectivity index (χ4n) is 1.09. The van der Waals surface area contributed by atoms with E-state index in [0.29, 0.717) is 0 Å². The summed E-state index contributed by atoms with van der Waals surface area (Å²) in [7, 11) is 0. The van der Waals surface area contributed by atoms with Gasteiger partial charge in [-0.05, 0) is 0 Å². The predicted octanol–water partition coefficient (Wildman–Crippen LogP) is -1.07. The molecular weight excluding hydrogens is 236 g/mol. The van der Waals surface area contributed by atoms with Crippen molar-refractivity contribution in [2.24, 2.45) is 0 Å². The van der Waals surface area contributed by atoms with Crippen LogP contribution in [0.1, 0.15) is 6.42 Å². The Morgan fingerprint density at radius 1 is 1.29 bits per heavy atom. The number of rotatable bonds is 8. The molecule has 0 heterocycles. The first kappa shape index (κ1) is 15.1. The third kappa shape index (κ3) is 3.85. The zero-order chi connectivity index (χ0) is 13.6. The lowest BCUT2D eigenvalue weighted by Gasteiger charge is -2.27. The van der Waals surface area contributed by atoms with Crippen LogP contribution in [0.4, 0.5) is 0 Å². The monoisotopic (exact) mass is 248 g/mol. The molecule has 0 aliphatic heterocycles. The van der Waals surface area contributed by atoms with Gasteiger partial charge in [0.05, 0.1) is 13.0 Å². The van der Waals surface area contributed by atoms with Gasteiger partial charge in [0.15, 0.2) is 6.10 Å². The van der Waals surface area contributed by atoms with Crippen molar-refractivity contribution in [3.05, 3.63) is 12.7 Å². The second-order valence-corrected chi connectivity index (χ2v) is 3.14. The van der Waals surface area contributed by atoms with Crippen LogP contribution in [0.25, 0.3) is 0 Å². The summed E-state index contributed by atoms with van der Waals surface area (Å²) in [6.07, 6.45) is -2.36. The minimum atomic E-state index is -3.04. The number of carboxylic acids is 3. The van der Waals surface area contributed by atoms with Gasteiger partial charge in [0, 0.05) is 0 Å². The molecule has 0 aromatic rings. The van der Waals surface area contributed by atoms with Gasteiger partial charge in [0.2, 0.25) is 5.60 Å². The third-order valence-corrected chi connectivity index (χ3v) is 1.83. The molecule has 96 valence electrons. The first-order valence-corrected chi connectivity index (χ1v) is 4.38. The lowest BCUT2D eigenvalue weighted by atomic mass is 9.92. The van der Waals surface area contributed by atoms with Crippen molar-refractivity contribution in [1.82, 2.24) is 0 Å². The van der Waals surface area contributed by atoms with Gasteiger partial charge in [-0.3, -0.25) is 4.79 Å². The maximum atomic E-state index is 10.8. The molecule has 0 saturated heterocycles. The van der Waals surface area contributed by atoms with Crippen LogP contribution in [0.2, 0.25) is 0 Å². The molecule has 0 aliphatic carbocycles. The van der Waals surface area contributed by atoms with E-state index in [1.165, 1.54) is 0 Å². The van der Waals surface area contributed by atoms with E-state index in [2.05, 4.69) is 11.3 Å². The lowest BCUT2D eigenvalue weighted by Crippen LogP contribution is -2.55. The number of carboxylic acid groups (broad SMARTS) is 3. The van der Waals surface area contributed by atoms with Gasteiger partial charge in [0.1, 0.15) is 0 Å². The smallest absolute Gasteiger partial charge is 0.339 e. The maximum Gasteiger partial charge on any atom is 0.339 e. The average molecular weight is 248 g/mol. The van der Waals surface area contributed by atoms with E-state index in [-0.39, 0.29) is 6.61 Å². The van der Waals surface area contributed by atoms with Crippen molar-refractivity contribution in [1.29, 1.82) is 0 Å². The first-order valence-electron chi connectivity index (χ1n) is 4.38. The first-order chi connectivity index (χ1) is 7.75. The molecule has 0 aliphatic rings. The Bertz CT molecular complexity index is 336. The quantitative estimate of drug-likeness (QED) is 0.398. The van der Waals surface area contributed by atoms with Crippen LogP contribution < -0.4 is 0 Å². The molecule has 0 rings (SSSR count). The van der Waals surface area contributed by atoms with Gasteiger partial charge in [-0.15, -0.1) is 6.58 Å². The largest absolute Gasteiger partial charge is 0.481 e. The van der Waals surface area contributed by atoms with Crippen molar-refractivity contribution in [2.45, 2.75) is 18.1 Å². The summed E-state index contributed by atoms with van der Waals surface area (Å²) >= 11 is 0. The van der Waals surface area contributed by atoms with Crippen molar-refractivity contribution in [3.8, 4) is 0 Å². The third-order valence-electron chi connectivity index (χ3n) is 1.83. The predicted molar refractivity (Wildman–Crippen MR) is 52.4 cm³/mol. The average Bonchev–Trinajstić information content (AvgIpc) is 2.16. The minimum Gasteiger partial charge on any atom is -0.481 e. The Morgan fingerprint density at radius 3 is 2.12 bits per heavy atom. The molecule has 0 amide bonds. The zero-order valence-electron chi connectivity index (χ0n) is 8.70. The number of carbonyl (C=O) groups is 3. The second-order valence-electron chi connectivity index (χ2n) is 3.14. The topological polar surface area (TPSA) is 141 Å². The molecule has 0 spiro atoms. The van der Waals surface area contributed by atoms with E-state index >= 15 is 0 Å². The summed E-state index contributed by atoms with van der Waals surface area (Å²) in [5.41, 5.74) is -3.04. The molecule has 4 N–H and O–H groups in total. The summed E-state index contributed by atoms with van der Waals surface area (Å²) < 4.78 is 4.57. The molecule has 2 unspecified atom stereocenters. The van der Waals surface area contributed by atoms with Crippen LogP contribution in [0.15, 0.2) is 12.7 Å². The number of hydrogen-bond acceptors (Lipinski definition) is 5. The number of aliphatic carboxylic acids is 3. The maximum absolute atomic E-state index is 10.8. The van der Waals surface area contributed by atoms with Crippen molar-refractivity contribution in [2.75, 3.05) is 6.61 Å². The highest BCUT2D eigenvalue weighted by atomic mass is 16.5. The minimum absolute atomic E-state index is 0.341. The molecule has 8 nitrogen and oxygen atoms in total. The highest BCUT2D eigenvalue weighted by Crippen LogP contribution is 2.20. The van der Waals surface area contributed by atoms with Gasteiger partial charge < -0.3 is 25.2 Å².